The lowest BCUT2D eigenvalue weighted by Crippen LogP contribution is -2.29. The average molecular weight is 154 g/mol. The van der Waals surface area contributed by atoms with Gasteiger partial charge in [0.15, 0.2) is 0 Å². The van der Waals surface area contributed by atoms with Gasteiger partial charge in [-0.05, 0) is 17.8 Å². The first kappa shape index (κ1) is 8.69. The fraction of sp³-hybridized carbons (Fsp3) is 1.00. The van der Waals surface area contributed by atoms with E-state index in [1.165, 1.54) is 6.42 Å². The molecule has 0 N–H and O–H groups in total. The number of nitrogens with zero attached hydrogens (tertiary/aromatic N) is 2. The van der Waals surface area contributed by atoms with Crippen LogP contribution in [0.3, 0.4) is 0 Å². The Morgan fingerprint density at radius 3 is 2.27 bits per heavy atom. The first-order valence-corrected chi connectivity index (χ1v) is 4.37. The lowest BCUT2D eigenvalue weighted by atomic mass is 9.82. The Labute approximate surface area is 69.1 Å². The van der Waals surface area contributed by atoms with E-state index in [0.717, 1.165) is 12.5 Å². The molecule has 1 aliphatic rings. The van der Waals surface area contributed by atoms with Crippen LogP contribution in [0.5, 0.6) is 0 Å². The van der Waals surface area contributed by atoms with E-state index in [4.69, 9.17) is 0 Å². The van der Waals surface area contributed by atoms with Crippen LogP contribution in [0.15, 0.2) is 10.2 Å². The van der Waals surface area contributed by atoms with E-state index in [9.17, 15) is 0 Å². The standard InChI is InChI=1S/C9H18N2/c1-7-5-8(9(2,3)4)11-10-6-7/h7-8H,5-6H2,1-4H3. The molecule has 0 aromatic carbocycles. The largest absolute Gasteiger partial charge is 0.194 e. The molecule has 1 heterocycles. The summed E-state index contributed by atoms with van der Waals surface area (Å²) in [6.45, 7) is 9.86. The van der Waals surface area contributed by atoms with Crippen molar-refractivity contribution >= 4 is 0 Å². The average Bonchev–Trinajstić information content (AvgIpc) is 1.86. The van der Waals surface area contributed by atoms with Gasteiger partial charge in [0.1, 0.15) is 0 Å². The minimum atomic E-state index is 0.290. The van der Waals surface area contributed by atoms with Crippen molar-refractivity contribution in [2.45, 2.75) is 40.2 Å². The molecular weight excluding hydrogens is 136 g/mol. The molecule has 0 bridgehead atoms. The Balaban J connectivity index is 2.60. The molecule has 0 aromatic heterocycles. The lowest BCUT2D eigenvalue weighted by molar-refractivity contribution is 0.248. The molecule has 2 heteroatoms. The van der Waals surface area contributed by atoms with Crippen molar-refractivity contribution in [1.82, 2.24) is 0 Å². The second-order valence-electron chi connectivity index (χ2n) is 4.66. The predicted octanol–water partition coefficient (Wildman–Crippen LogP) is 2.89. The first-order chi connectivity index (χ1) is 5.00. The highest BCUT2D eigenvalue weighted by Crippen LogP contribution is 2.30. The van der Waals surface area contributed by atoms with Gasteiger partial charge in [-0.25, -0.2) is 0 Å². The summed E-state index contributed by atoms with van der Waals surface area (Å²) in [4.78, 5) is 0. The highest BCUT2D eigenvalue weighted by molar-refractivity contribution is 4.83. The molecule has 2 unspecified atom stereocenters. The lowest BCUT2D eigenvalue weighted by Gasteiger charge is -2.30. The van der Waals surface area contributed by atoms with Gasteiger partial charge in [0.05, 0.1) is 12.6 Å². The monoisotopic (exact) mass is 154 g/mol. The normalized spacial score (nSPS) is 32.4. The molecule has 0 amide bonds. The number of hydrogen-bond donors (Lipinski definition) is 0. The van der Waals surface area contributed by atoms with Gasteiger partial charge in [-0.1, -0.05) is 27.7 Å². The van der Waals surface area contributed by atoms with Crippen molar-refractivity contribution in [3.8, 4) is 0 Å². The van der Waals surface area contributed by atoms with E-state index in [2.05, 4.69) is 37.9 Å². The molecule has 0 aromatic rings. The topological polar surface area (TPSA) is 24.7 Å². The Kier molecular flexibility index (Phi) is 2.31. The van der Waals surface area contributed by atoms with Gasteiger partial charge in [0, 0.05) is 0 Å². The summed E-state index contributed by atoms with van der Waals surface area (Å²) in [6.07, 6.45) is 1.20. The molecule has 0 saturated heterocycles. The van der Waals surface area contributed by atoms with E-state index >= 15 is 0 Å². The molecule has 1 aliphatic heterocycles. The van der Waals surface area contributed by atoms with Crippen LogP contribution in [-0.4, -0.2) is 12.6 Å². The quantitative estimate of drug-likeness (QED) is 0.512. The Morgan fingerprint density at radius 1 is 1.27 bits per heavy atom. The third-order valence-electron chi connectivity index (χ3n) is 2.24. The third-order valence-corrected chi connectivity index (χ3v) is 2.24. The predicted molar refractivity (Wildman–Crippen MR) is 46.7 cm³/mol. The maximum Gasteiger partial charge on any atom is 0.0759 e. The van der Waals surface area contributed by atoms with E-state index < -0.39 is 0 Å². The highest BCUT2D eigenvalue weighted by Gasteiger charge is 2.28. The van der Waals surface area contributed by atoms with Crippen LogP contribution in [0.4, 0.5) is 0 Å². The van der Waals surface area contributed by atoms with Crippen LogP contribution >= 0.6 is 0 Å². The number of rotatable bonds is 0. The summed E-state index contributed by atoms with van der Waals surface area (Å²) < 4.78 is 0. The molecule has 0 spiro atoms. The summed E-state index contributed by atoms with van der Waals surface area (Å²) in [5, 5.41) is 8.41. The molecule has 2 nitrogen and oxygen atoms in total. The SMILES string of the molecule is CC1CN=NC(C(C)(C)C)C1. The maximum absolute atomic E-state index is 4.28. The van der Waals surface area contributed by atoms with E-state index in [1.54, 1.807) is 0 Å². The smallest absolute Gasteiger partial charge is 0.0759 e. The van der Waals surface area contributed by atoms with Crippen LogP contribution in [0, 0.1) is 11.3 Å². The molecule has 0 saturated carbocycles. The van der Waals surface area contributed by atoms with Gasteiger partial charge in [-0.3, -0.25) is 0 Å². The van der Waals surface area contributed by atoms with Gasteiger partial charge < -0.3 is 0 Å². The molecule has 1 rings (SSSR count). The van der Waals surface area contributed by atoms with Gasteiger partial charge in [0.2, 0.25) is 0 Å². The van der Waals surface area contributed by atoms with Crippen LogP contribution in [0.2, 0.25) is 0 Å². The van der Waals surface area contributed by atoms with Crippen molar-refractivity contribution < 1.29 is 0 Å². The highest BCUT2D eigenvalue weighted by atomic mass is 15.1. The van der Waals surface area contributed by atoms with Crippen molar-refractivity contribution in [1.29, 1.82) is 0 Å². The minimum absolute atomic E-state index is 0.290. The summed E-state index contributed by atoms with van der Waals surface area (Å²) in [7, 11) is 0. The molecule has 0 radical (unpaired) electrons. The molecule has 2 atom stereocenters. The summed E-state index contributed by atoms with van der Waals surface area (Å²) >= 11 is 0. The minimum Gasteiger partial charge on any atom is -0.194 e. The number of hydrogen-bond acceptors (Lipinski definition) is 2. The van der Waals surface area contributed by atoms with E-state index in [-0.39, 0.29) is 5.41 Å². The van der Waals surface area contributed by atoms with Crippen molar-refractivity contribution in [3.63, 3.8) is 0 Å². The van der Waals surface area contributed by atoms with Crippen molar-refractivity contribution in [2.75, 3.05) is 6.54 Å². The molecule has 0 fully saturated rings. The van der Waals surface area contributed by atoms with E-state index in [1.807, 2.05) is 0 Å². The zero-order chi connectivity index (χ0) is 8.48. The van der Waals surface area contributed by atoms with Gasteiger partial charge >= 0.3 is 0 Å². The number of azo groups is 1. The van der Waals surface area contributed by atoms with Crippen LogP contribution in [-0.2, 0) is 0 Å². The van der Waals surface area contributed by atoms with Crippen LogP contribution in [0.1, 0.15) is 34.1 Å². The van der Waals surface area contributed by atoms with Crippen LogP contribution in [0.25, 0.3) is 0 Å². The summed E-state index contributed by atoms with van der Waals surface area (Å²) in [5.74, 6) is 0.719. The fourth-order valence-electron chi connectivity index (χ4n) is 1.31. The van der Waals surface area contributed by atoms with Crippen molar-refractivity contribution in [2.24, 2.45) is 21.6 Å². The Bertz CT molecular complexity index is 155. The summed E-state index contributed by atoms with van der Waals surface area (Å²) in [5.41, 5.74) is 0.290. The Morgan fingerprint density at radius 2 is 1.91 bits per heavy atom. The Hall–Kier alpha value is -0.400. The zero-order valence-electron chi connectivity index (χ0n) is 7.96. The fourth-order valence-corrected chi connectivity index (χ4v) is 1.31. The maximum atomic E-state index is 4.28. The third kappa shape index (κ3) is 2.28. The van der Waals surface area contributed by atoms with Gasteiger partial charge in [0.25, 0.3) is 0 Å². The van der Waals surface area contributed by atoms with Gasteiger partial charge in [-0.2, -0.15) is 10.2 Å². The van der Waals surface area contributed by atoms with Gasteiger partial charge in [-0.15, -0.1) is 0 Å². The first-order valence-electron chi connectivity index (χ1n) is 4.37. The summed E-state index contributed by atoms with van der Waals surface area (Å²) in [6, 6.07) is 0.436. The molecular formula is C9H18N2. The molecule has 11 heavy (non-hydrogen) atoms. The van der Waals surface area contributed by atoms with E-state index in [0.29, 0.717) is 6.04 Å². The molecule has 64 valence electrons. The molecule has 0 aliphatic carbocycles. The van der Waals surface area contributed by atoms with Crippen LogP contribution < -0.4 is 0 Å². The second kappa shape index (κ2) is 2.92. The van der Waals surface area contributed by atoms with Crippen molar-refractivity contribution in [3.05, 3.63) is 0 Å². The zero-order valence-corrected chi connectivity index (χ0v) is 7.96. The second-order valence-corrected chi connectivity index (χ2v) is 4.66.